The summed E-state index contributed by atoms with van der Waals surface area (Å²) in [5, 5.41) is 4.97. The zero-order valence-electron chi connectivity index (χ0n) is 14.0. The van der Waals surface area contributed by atoms with Crippen LogP contribution in [-0.2, 0) is 16.0 Å². The van der Waals surface area contributed by atoms with Gasteiger partial charge in [-0.2, -0.15) is 0 Å². The van der Waals surface area contributed by atoms with Crippen LogP contribution < -0.4 is 5.32 Å². The summed E-state index contributed by atoms with van der Waals surface area (Å²) in [5.41, 5.74) is 0.984. The van der Waals surface area contributed by atoms with E-state index in [4.69, 9.17) is 0 Å². The molecule has 2 amide bonds. The van der Waals surface area contributed by atoms with Crippen LogP contribution in [0.2, 0.25) is 0 Å². The predicted molar refractivity (Wildman–Crippen MR) is 94.7 cm³/mol. The lowest BCUT2D eigenvalue weighted by Crippen LogP contribution is -2.50. The van der Waals surface area contributed by atoms with Crippen LogP contribution in [0.4, 0.5) is 0 Å². The van der Waals surface area contributed by atoms with Crippen molar-refractivity contribution < 1.29 is 9.59 Å². The third-order valence-corrected chi connectivity index (χ3v) is 4.52. The lowest BCUT2D eigenvalue weighted by molar-refractivity contribution is -0.134. The van der Waals surface area contributed by atoms with Crippen LogP contribution in [0.25, 0.3) is 10.8 Å². The van der Waals surface area contributed by atoms with E-state index < -0.39 is 0 Å². The van der Waals surface area contributed by atoms with E-state index in [1.165, 1.54) is 0 Å². The molecule has 2 aromatic rings. The van der Waals surface area contributed by atoms with Gasteiger partial charge in [0.25, 0.3) is 0 Å². The summed E-state index contributed by atoms with van der Waals surface area (Å²) >= 11 is 0. The van der Waals surface area contributed by atoms with E-state index in [1.807, 2.05) is 54.4 Å². The smallest absolute Gasteiger partial charge is 0.242 e. The van der Waals surface area contributed by atoms with Crippen LogP contribution in [-0.4, -0.2) is 61.4 Å². The number of fused-ring (bicyclic) bond motifs is 1. The fourth-order valence-corrected chi connectivity index (χ4v) is 3.02. The van der Waals surface area contributed by atoms with Gasteiger partial charge < -0.3 is 15.1 Å². The van der Waals surface area contributed by atoms with Gasteiger partial charge in [-0.1, -0.05) is 42.5 Å². The van der Waals surface area contributed by atoms with E-state index in [2.05, 4.69) is 10.2 Å². The highest BCUT2D eigenvalue weighted by Gasteiger charge is 2.19. The number of likely N-dealkylation sites (N-methyl/N-ethyl adjacent to an activating group) is 1. The number of hydrogen-bond acceptors (Lipinski definition) is 3. The standard InChI is InChI=1S/C19H23N3O2/c1-21-9-11-22(12-10-21)19(24)14-20-18(23)13-16-7-4-6-15-5-2-3-8-17(15)16/h2-8H,9-14H2,1H3,(H,20,23). The zero-order valence-corrected chi connectivity index (χ0v) is 14.0. The van der Waals surface area contributed by atoms with E-state index in [9.17, 15) is 9.59 Å². The molecule has 0 aromatic heterocycles. The van der Waals surface area contributed by atoms with Gasteiger partial charge in [-0.15, -0.1) is 0 Å². The lowest BCUT2D eigenvalue weighted by atomic mass is 10.0. The molecule has 5 nitrogen and oxygen atoms in total. The summed E-state index contributed by atoms with van der Waals surface area (Å²) < 4.78 is 0. The predicted octanol–water partition coefficient (Wildman–Crippen LogP) is 1.27. The van der Waals surface area contributed by atoms with Crippen LogP contribution >= 0.6 is 0 Å². The van der Waals surface area contributed by atoms with Crippen molar-refractivity contribution in [2.75, 3.05) is 39.8 Å². The average molecular weight is 325 g/mol. The number of amides is 2. The largest absolute Gasteiger partial charge is 0.347 e. The molecule has 5 heteroatoms. The van der Waals surface area contributed by atoms with Gasteiger partial charge in [-0.05, 0) is 23.4 Å². The van der Waals surface area contributed by atoms with Crippen molar-refractivity contribution in [2.24, 2.45) is 0 Å². The summed E-state index contributed by atoms with van der Waals surface area (Å²) in [6.45, 7) is 3.31. The van der Waals surface area contributed by atoms with Gasteiger partial charge in [-0.3, -0.25) is 9.59 Å². The molecule has 0 aliphatic carbocycles. The normalized spacial score (nSPS) is 15.5. The molecule has 0 unspecified atom stereocenters. The minimum Gasteiger partial charge on any atom is -0.347 e. The molecular formula is C19H23N3O2. The second kappa shape index (κ2) is 7.45. The first kappa shape index (κ1) is 16.5. The topological polar surface area (TPSA) is 52.6 Å². The fourth-order valence-electron chi connectivity index (χ4n) is 3.02. The van der Waals surface area contributed by atoms with Crippen molar-refractivity contribution in [2.45, 2.75) is 6.42 Å². The molecule has 0 spiro atoms. The summed E-state index contributed by atoms with van der Waals surface area (Å²) in [7, 11) is 2.05. The fraction of sp³-hybridized carbons (Fsp3) is 0.368. The third-order valence-electron chi connectivity index (χ3n) is 4.52. The first-order valence-corrected chi connectivity index (χ1v) is 8.33. The molecule has 1 saturated heterocycles. The molecule has 2 aromatic carbocycles. The highest BCUT2D eigenvalue weighted by molar-refractivity contribution is 5.91. The van der Waals surface area contributed by atoms with Crippen LogP contribution in [0.1, 0.15) is 5.56 Å². The van der Waals surface area contributed by atoms with Gasteiger partial charge in [0.1, 0.15) is 0 Å². The molecule has 0 bridgehead atoms. The highest BCUT2D eigenvalue weighted by Crippen LogP contribution is 2.18. The second-order valence-corrected chi connectivity index (χ2v) is 6.28. The van der Waals surface area contributed by atoms with E-state index in [1.54, 1.807) is 0 Å². The minimum absolute atomic E-state index is 0.00521. The SMILES string of the molecule is CN1CCN(C(=O)CNC(=O)Cc2cccc3ccccc23)CC1. The van der Waals surface area contributed by atoms with Crippen LogP contribution in [0, 0.1) is 0 Å². The van der Waals surface area contributed by atoms with Crippen molar-refractivity contribution >= 4 is 22.6 Å². The molecular weight excluding hydrogens is 302 g/mol. The van der Waals surface area contributed by atoms with Gasteiger partial charge in [0.05, 0.1) is 13.0 Å². The molecule has 1 heterocycles. The molecule has 1 aliphatic heterocycles. The Labute approximate surface area is 142 Å². The monoisotopic (exact) mass is 325 g/mol. The van der Waals surface area contributed by atoms with Crippen LogP contribution in [0.3, 0.4) is 0 Å². The first-order chi connectivity index (χ1) is 11.6. The Hall–Kier alpha value is -2.40. The summed E-state index contributed by atoms with van der Waals surface area (Å²) in [6.07, 6.45) is 0.289. The molecule has 126 valence electrons. The van der Waals surface area contributed by atoms with Gasteiger partial charge in [0.2, 0.25) is 11.8 Å². The number of rotatable bonds is 4. The Bertz CT molecular complexity index is 731. The molecule has 0 atom stereocenters. The van der Waals surface area contributed by atoms with Crippen molar-refractivity contribution in [1.82, 2.24) is 15.1 Å². The first-order valence-electron chi connectivity index (χ1n) is 8.33. The van der Waals surface area contributed by atoms with E-state index >= 15 is 0 Å². The third kappa shape index (κ3) is 3.92. The van der Waals surface area contributed by atoms with E-state index in [0.717, 1.165) is 42.5 Å². The quantitative estimate of drug-likeness (QED) is 0.921. The molecule has 3 rings (SSSR count). The Balaban J connectivity index is 1.55. The highest BCUT2D eigenvalue weighted by atomic mass is 16.2. The lowest BCUT2D eigenvalue weighted by Gasteiger charge is -2.32. The van der Waals surface area contributed by atoms with Crippen LogP contribution in [0.15, 0.2) is 42.5 Å². The number of carbonyl (C=O) groups excluding carboxylic acids is 2. The molecule has 0 radical (unpaired) electrons. The second-order valence-electron chi connectivity index (χ2n) is 6.28. The number of piperazine rings is 1. The van der Waals surface area contributed by atoms with Crippen molar-refractivity contribution in [1.29, 1.82) is 0 Å². The van der Waals surface area contributed by atoms with Gasteiger partial charge in [0, 0.05) is 26.2 Å². The molecule has 0 saturated carbocycles. The molecule has 1 fully saturated rings. The Kier molecular flexibility index (Phi) is 5.11. The molecule has 1 N–H and O–H groups in total. The van der Waals surface area contributed by atoms with Gasteiger partial charge in [0.15, 0.2) is 0 Å². The Morgan fingerprint density at radius 1 is 1.00 bits per heavy atom. The average Bonchev–Trinajstić information content (AvgIpc) is 2.61. The van der Waals surface area contributed by atoms with Gasteiger partial charge in [-0.25, -0.2) is 0 Å². The molecule has 1 aliphatic rings. The maximum atomic E-state index is 12.2. The summed E-state index contributed by atoms with van der Waals surface area (Å²) in [4.78, 5) is 28.4. The summed E-state index contributed by atoms with van der Waals surface area (Å²) in [5.74, 6) is -0.122. The molecule has 24 heavy (non-hydrogen) atoms. The maximum absolute atomic E-state index is 12.2. The number of nitrogens with zero attached hydrogens (tertiary/aromatic N) is 2. The number of nitrogens with one attached hydrogen (secondary N) is 1. The zero-order chi connectivity index (χ0) is 16.9. The minimum atomic E-state index is -0.117. The number of carbonyl (C=O) groups is 2. The van der Waals surface area contributed by atoms with Crippen molar-refractivity contribution in [3.63, 3.8) is 0 Å². The van der Waals surface area contributed by atoms with Gasteiger partial charge >= 0.3 is 0 Å². The van der Waals surface area contributed by atoms with Crippen molar-refractivity contribution in [3.8, 4) is 0 Å². The van der Waals surface area contributed by atoms with Crippen LogP contribution in [0.5, 0.6) is 0 Å². The van der Waals surface area contributed by atoms with Crippen molar-refractivity contribution in [3.05, 3.63) is 48.0 Å². The van der Waals surface area contributed by atoms with E-state index in [0.29, 0.717) is 0 Å². The summed E-state index contributed by atoms with van der Waals surface area (Å²) in [6, 6.07) is 14.0. The Morgan fingerprint density at radius 2 is 1.71 bits per heavy atom. The number of hydrogen-bond donors (Lipinski definition) is 1. The number of benzene rings is 2. The van der Waals surface area contributed by atoms with E-state index in [-0.39, 0.29) is 24.8 Å². The Morgan fingerprint density at radius 3 is 2.50 bits per heavy atom. The maximum Gasteiger partial charge on any atom is 0.242 e.